The number of phosphoric acid groups is 1. The number of hydrogen-bond donors (Lipinski definition) is 2. The number of hydrogen-bond acceptors (Lipinski definition) is 8. The van der Waals surface area contributed by atoms with Crippen molar-refractivity contribution >= 4 is 19.8 Å². The lowest BCUT2D eigenvalue weighted by Gasteiger charge is -2.19. The van der Waals surface area contributed by atoms with Crippen LogP contribution in [0.15, 0.2) is 72.9 Å². The second kappa shape index (κ2) is 34.3. The van der Waals surface area contributed by atoms with Gasteiger partial charge >= 0.3 is 19.8 Å². The largest absolute Gasteiger partial charge is 0.472 e. The Bertz CT molecular complexity index is 1020. The first-order chi connectivity index (χ1) is 23.3. The summed E-state index contributed by atoms with van der Waals surface area (Å²) in [4.78, 5) is 34.6. The maximum Gasteiger partial charge on any atom is 0.472 e. The van der Waals surface area contributed by atoms with E-state index >= 15 is 0 Å². The topological polar surface area (TPSA) is 134 Å². The monoisotopic (exact) mass is 693 g/mol. The fraction of sp³-hybridized carbons (Fsp3) is 0.632. The smallest absolute Gasteiger partial charge is 0.462 e. The molecule has 0 saturated carbocycles. The van der Waals surface area contributed by atoms with Crippen LogP contribution in [0.1, 0.15) is 123 Å². The Morgan fingerprint density at radius 1 is 0.646 bits per heavy atom. The second-order valence-electron chi connectivity index (χ2n) is 11.4. The highest BCUT2D eigenvalue weighted by atomic mass is 31.2. The van der Waals surface area contributed by atoms with Gasteiger partial charge in [0, 0.05) is 19.4 Å². The zero-order valence-corrected chi connectivity index (χ0v) is 30.6. The van der Waals surface area contributed by atoms with Crippen molar-refractivity contribution in [3.8, 4) is 0 Å². The van der Waals surface area contributed by atoms with Crippen LogP contribution >= 0.6 is 7.82 Å². The van der Waals surface area contributed by atoms with Gasteiger partial charge in [-0.3, -0.25) is 18.6 Å². The van der Waals surface area contributed by atoms with Crippen LogP contribution in [0.3, 0.4) is 0 Å². The minimum atomic E-state index is -4.38. The Morgan fingerprint density at radius 2 is 1.19 bits per heavy atom. The molecular weight excluding hydrogens is 629 g/mol. The van der Waals surface area contributed by atoms with E-state index in [1.807, 2.05) is 18.2 Å². The van der Waals surface area contributed by atoms with E-state index < -0.39 is 32.5 Å². The van der Waals surface area contributed by atoms with E-state index in [2.05, 4.69) is 68.5 Å². The molecule has 0 fully saturated rings. The molecule has 2 atom stereocenters. The Labute approximate surface area is 291 Å². The summed E-state index contributed by atoms with van der Waals surface area (Å²) in [5.74, 6) is -0.890. The van der Waals surface area contributed by atoms with Crippen molar-refractivity contribution in [2.45, 2.75) is 129 Å². The standard InChI is InChI=1S/C38H64NO8P/c1-3-5-7-9-11-13-15-17-19-20-22-24-26-28-30-37(40)44-34-36(35-46-48(42,43)45-33-32-39)47-38(41)31-29-27-25-23-21-18-16-14-12-10-8-6-4-2/h5-8,10-14,16-17,19,36H,3-4,9,15,18,20-35,39H2,1-2H3,(H,42,43)/b7-5+,8-6+,12-10+,13-11+,16-14+,19-17+. The van der Waals surface area contributed by atoms with Gasteiger partial charge in [0.1, 0.15) is 6.61 Å². The third-order valence-electron chi connectivity index (χ3n) is 6.90. The van der Waals surface area contributed by atoms with Gasteiger partial charge in [-0.2, -0.15) is 0 Å². The van der Waals surface area contributed by atoms with Crippen molar-refractivity contribution in [2.24, 2.45) is 5.73 Å². The van der Waals surface area contributed by atoms with E-state index in [0.717, 1.165) is 83.5 Å². The maximum absolute atomic E-state index is 12.5. The Morgan fingerprint density at radius 3 is 1.83 bits per heavy atom. The highest BCUT2D eigenvalue weighted by molar-refractivity contribution is 7.47. The predicted octanol–water partition coefficient (Wildman–Crippen LogP) is 9.54. The molecule has 0 aromatic rings. The van der Waals surface area contributed by atoms with Gasteiger partial charge in [0.05, 0.1) is 13.2 Å². The lowest BCUT2D eigenvalue weighted by atomic mass is 10.1. The van der Waals surface area contributed by atoms with Crippen LogP contribution in [0.2, 0.25) is 0 Å². The first-order valence-electron chi connectivity index (χ1n) is 17.9. The van der Waals surface area contributed by atoms with Crippen LogP contribution in [0.4, 0.5) is 0 Å². The lowest BCUT2D eigenvalue weighted by Crippen LogP contribution is -2.29. The van der Waals surface area contributed by atoms with Crippen LogP contribution in [0.5, 0.6) is 0 Å². The van der Waals surface area contributed by atoms with Gasteiger partial charge in [0.25, 0.3) is 0 Å². The van der Waals surface area contributed by atoms with Gasteiger partial charge in [-0.25, -0.2) is 4.57 Å². The summed E-state index contributed by atoms with van der Waals surface area (Å²) in [6.45, 7) is 3.39. The molecule has 3 N–H and O–H groups in total. The summed E-state index contributed by atoms with van der Waals surface area (Å²) in [6, 6.07) is 0. The van der Waals surface area contributed by atoms with Crippen molar-refractivity contribution in [1.82, 2.24) is 0 Å². The fourth-order valence-corrected chi connectivity index (χ4v) is 5.06. The average Bonchev–Trinajstić information content (AvgIpc) is 3.07. The zero-order valence-electron chi connectivity index (χ0n) is 29.7. The van der Waals surface area contributed by atoms with E-state index in [4.69, 9.17) is 24.3 Å². The van der Waals surface area contributed by atoms with Crippen LogP contribution in [-0.2, 0) is 32.7 Å². The molecular formula is C38H64NO8P. The molecule has 274 valence electrons. The Hall–Kier alpha value is -2.55. The number of phosphoric ester groups is 1. The molecule has 0 aliphatic carbocycles. The van der Waals surface area contributed by atoms with Crippen molar-refractivity contribution in [2.75, 3.05) is 26.4 Å². The van der Waals surface area contributed by atoms with E-state index in [9.17, 15) is 19.0 Å². The van der Waals surface area contributed by atoms with E-state index in [0.29, 0.717) is 12.8 Å². The van der Waals surface area contributed by atoms with Crippen molar-refractivity contribution in [3.05, 3.63) is 72.9 Å². The van der Waals surface area contributed by atoms with E-state index in [1.165, 1.54) is 0 Å². The fourth-order valence-electron chi connectivity index (χ4n) is 4.29. The zero-order chi connectivity index (χ0) is 35.4. The molecule has 2 unspecified atom stereocenters. The first-order valence-corrected chi connectivity index (χ1v) is 19.4. The minimum absolute atomic E-state index is 0.0423. The highest BCUT2D eigenvalue weighted by Gasteiger charge is 2.25. The van der Waals surface area contributed by atoms with Crippen LogP contribution in [0.25, 0.3) is 0 Å². The van der Waals surface area contributed by atoms with Gasteiger partial charge in [-0.05, 0) is 64.2 Å². The Balaban J connectivity index is 4.34. The molecule has 0 aliphatic heterocycles. The molecule has 9 nitrogen and oxygen atoms in total. The lowest BCUT2D eigenvalue weighted by molar-refractivity contribution is -0.161. The summed E-state index contributed by atoms with van der Waals surface area (Å²) in [5, 5.41) is 0. The Kier molecular flexibility index (Phi) is 32.5. The summed E-state index contributed by atoms with van der Waals surface area (Å²) in [5.41, 5.74) is 5.32. The van der Waals surface area contributed by atoms with E-state index in [-0.39, 0.29) is 32.6 Å². The quantitative estimate of drug-likeness (QED) is 0.0232. The van der Waals surface area contributed by atoms with Crippen LogP contribution < -0.4 is 5.73 Å². The predicted molar refractivity (Wildman–Crippen MR) is 196 cm³/mol. The second-order valence-corrected chi connectivity index (χ2v) is 12.8. The molecule has 0 saturated heterocycles. The molecule has 0 amide bonds. The molecule has 0 aromatic carbocycles. The van der Waals surface area contributed by atoms with Gasteiger partial charge in [0.2, 0.25) is 0 Å². The van der Waals surface area contributed by atoms with Gasteiger partial charge in [-0.15, -0.1) is 0 Å². The number of allylic oxidation sites excluding steroid dienone is 12. The number of carbonyl (C=O) groups excluding carboxylic acids is 2. The molecule has 48 heavy (non-hydrogen) atoms. The number of rotatable bonds is 32. The van der Waals surface area contributed by atoms with Crippen LogP contribution in [0, 0.1) is 0 Å². The van der Waals surface area contributed by atoms with E-state index in [1.54, 1.807) is 0 Å². The highest BCUT2D eigenvalue weighted by Crippen LogP contribution is 2.43. The van der Waals surface area contributed by atoms with Gasteiger partial charge in [-0.1, -0.05) is 119 Å². The molecule has 0 bridgehead atoms. The molecule has 0 aliphatic rings. The molecule has 0 spiro atoms. The number of unbranched alkanes of at least 4 members (excludes halogenated alkanes) is 9. The number of ether oxygens (including phenoxy) is 2. The number of nitrogens with two attached hydrogens (primary N) is 1. The SMILES string of the molecule is CC/C=C/C=C/C=C/CCCCCCCC(=O)OC(COC(=O)CCCCCC/C=C/C/C=C/C/C=C/CC)COP(=O)(O)OCCN. The third kappa shape index (κ3) is 33.4. The van der Waals surface area contributed by atoms with Crippen LogP contribution in [-0.4, -0.2) is 49.3 Å². The normalized spacial score (nSPS) is 14.3. The van der Waals surface area contributed by atoms with Gasteiger partial charge in [0.15, 0.2) is 6.10 Å². The molecule has 10 heteroatoms. The first kappa shape index (κ1) is 45.5. The molecule has 0 aromatic heterocycles. The third-order valence-corrected chi connectivity index (χ3v) is 7.88. The summed E-state index contributed by atoms with van der Waals surface area (Å²) < 4.78 is 32.5. The van der Waals surface area contributed by atoms with Crippen molar-refractivity contribution in [1.29, 1.82) is 0 Å². The molecule has 0 heterocycles. The maximum atomic E-state index is 12.5. The average molecular weight is 694 g/mol. The molecule has 0 radical (unpaired) electrons. The van der Waals surface area contributed by atoms with Gasteiger partial charge < -0.3 is 20.1 Å². The number of esters is 2. The van der Waals surface area contributed by atoms with Crippen molar-refractivity contribution < 1.29 is 37.6 Å². The number of carbonyl (C=O) groups is 2. The summed E-state index contributed by atoms with van der Waals surface area (Å²) >= 11 is 0. The minimum Gasteiger partial charge on any atom is -0.462 e. The summed E-state index contributed by atoms with van der Waals surface area (Å²) in [7, 11) is -4.38. The summed E-state index contributed by atoms with van der Waals surface area (Å²) in [6.07, 6.45) is 39.4. The van der Waals surface area contributed by atoms with Crippen molar-refractivity contribution in [3.63, 3.8) is 0 Å². The molecule has 0 rings (SSSR count).